The molecule has 0 radical (unpaired) electrons. The van der Waals surface area contributed by atoms with Crippen molar-refractivity contribution in [1.29, 1.82) is 0 Å². The van der Waals surface area contributed by atoms with Gasteiger partial charge in [-0.25, -0.2) is 0 Å². The number of rotatable bonds is 7. The molecule has 0 aromatic heterocycles. The molecule has 2 heterocycles. The maximum Gasteiger partial charge on any atom is -0.0381 e. The van der Waals surface area contributed by atoms with Crippen molar-refractivity contribution in [3.05, 3.63) is 113 Å². The third-order valence-electron chi connectivity index (χ3n) is 10.3. The van der Waals surface area contributed by atoms with E-state index >= 15 is 0 Å². The molecular formula is C42H44F6IN4-. The van der Waals surface area contributed by atoms with E-state index in [-0.39, 0.29) is 30.3 Å². The molecule has 53 heavy (non-hydrogen) atoms. The van der Waals surface area contributed by atoms with Gasteiger partial charge < -0.3 is 4.90 Å². The van der Waals surface area contributed by atoms with E-state index in [2.05, 4.69) is 29.3 Å². The van der Waals surface area contributed by atoms with Crippen LogP contribution in [-0.4, -0.2) is 45.0 Å². The molecule has 0 saturated carbocycles. The molecule has 0 amide bonds. The number of hydrogen-bond donors (Lipinski definition) is 0. The zero-order valence-corrected chi connectivity index (χ0v) is 32.5. The number of fused-ring (bicyclic) bond motifs is 2. The quantitative estimate of drug-likeness (QED) is 0.0813. The van der Waals surface area contributed by atoms with Gasteiger partial charge in [0.15, 0.2) is 0 Å². The van der Waals surface area contributed by atoms with E-state index in [1.165, 1.54) is 23.9 Å². The second-order valence-corrected chi connectivity index (χ2v) is 18.1. The number of hydrogen-bond acceptors (Lipinski definition) is 4. The molecule has 2 atom stereocenters. The number of aliphatic imine (C=N–C) groups is 2. The van der Waals surface area contributed by atoms with Crippen LogP contribution in [-0.2, 0) is 21.3 Å². The summed E-state index contributed by atoms with van der Waals surface area (Å²) in [6, 6.07) is 22.9. The number of benzene rings is 4. The molecule has 282 valence electrons. The zero-order valence-electron chi connectivity index (χ0n) is 30.3. The molecule has 0 saturated heterocycles. The molecule has 0 fully saturated rings. The summed E-state index contributed by atoms with van der Waals surface area (Å²) >= 11 is -0.351. The number of halogens is 7. The summed E-state index contributed by atoms with van der Waals surface area (Å²) in [6.45, 7) is 0. The van der Waals surface area contributed by atoms with Gasteiger partial charge in [-0.2, -0.15) is 0 Å². The smallest absolute Gasteiger partial charge is 0.0381 e. The predicted molar refractivity (Wildman–Crippen MR) is 200 cm³/mol. The number of alkyl halides is 8. The third-order valence-corrected chi connectivity index (χ3v) is 14.4. The van der Waals surface area contributed by atoms with Gasteiger partial charge in [0.25, 0.3) is 0 Å². The Balaban J connectivity index is 1.41. The van der Waals surface area contributed by atoms with Crippen LogP contribution in [0.15, 0.2) is 94.9 Å². The molecule has 2 unspecified atom stereocenters. The van der Waals surface area contributed by atoms with Crippen molar-refractivity contribution >= 4 is 29.5 Å². The molecular weight excluding hydrogens is 801 g/mol. The standard InChI is InChI=1S/C42H44F6IN4/c1-52(2)33-15-9-29(10-16-33)27-50-32-14-20-36(38(26-32)42(46,47)48)35-19-13-31(25-37(35)41(43,44)45)40-22-6-5-21-39(28-51-40,49-24-8-7-23-40)30-11-17-34(18-12-30)53(3)4/h9-20,25-28H,5-8,21-24H2,1-4H3/q-1. The summed E-state index contributed by atoms with van der Waals surface area (Å²) in [4.78, 5) is 13.4. The Morgan fingerprint density at radius 3 is 1.77 bits per heavy atom. The van der Waals surface area contributed by atoms with Crippen molar-refractivity contribution in [2.24, 2.45) is 9.98 Å². The van der Waals surface area contributed by atoms with Crippen molar-refractivity contribution in [1.82, 2.24) is 0 Å². The monoisotopic (exact) mass is 845 g/mol. The van der Waals surface area contributed by atoms with E-state index in [0.29, 0.717) is 24.0 Å². The van der Waals surface area contributed by atoms with Gasteiger partial charge in [0.2, 0.25) is 0 Å². The molecule has 4 nitrogen and oxygen atoms in total. The van der Waals surface area contributed by atoms with Crippen molar-refractivity contribution in [2.45, 2.75) is 66.3 Å². The fraction of sp³-hybridized carbons (Fsp3) is 0.381. The SMILES string of the molecule is CN(C)c1ccc(C=Nc2ccc(-c3ccc(C45CCCC[I-]C(c6ccc(N(C)C)cc6)(C=N4)CCCC5)cc3C(F)(F)F)c(C(F)(F)F)c2)cc1. The maximum absolute atomic E-state index is 15.0. The molecule has 0 aliphatic carbocycles. The van der Waals surface area contributed by atoms with Crippen LogP contribution in [0, 0.1) is 0 Å². The summed E-state index contributed by atoms with van der Waals surface area (Å²) in [7, 11) is 7.77. The van der Waals surface area contributed by atoms with Crippen molar-refractivity contribution in [2.75, 3.05) is 42.4 Å². The van der Waals surface area contributed by atoms with Crippen LogP contribution < -0.4 is 31.0 Å². The Kier molecular flexibility index (Phi) is 11.3. The zero-order chi connectivity index (χ0) is 38.0. The van der Waals surface area contributed by atoms with Crippen LogP contribution >= 0.6 is 0 Å². The molecule has 0 spiro atoms. The first kappa shape index (κ1) is 38.8. The Hall–Kier alpha value is -3.87. The van der Waals surface area contributed by atoms with E-state index in [1.54, 1.807) is 18.2 Å². The molecule has 4 aromatic carbocycles. The average Bonchev–Trinajstić information content (AvgIpc) is 3.18. The van der Waals surface area contributed by atoms with Crippen LogP contribution in [0.25, 0.3) is 11.1 Å². The molecule has 2 aliphatic heterocycles. The topological polar surface area (TPSA) is 31.2 Å². The van der Waals surface area contributed by atoms with Gasteiger partial charge in [0, 0.05) is 26.0 Å². The Bertz CT molecular complexity index is 1950. The van der Waals surface area contributed by atoms with Crippen LogP contribution in [0.3, 0.4) is 0 Å². The minimum Gasteiger partial charge on any atom is -0.0514 e. The molecule has 4 aromatic rings. The first-order chi connectivity index (χ1) is 25.1. The van der Waals surface area contributed by atoms with Crippen LogP contribution in [0.5, 0.6) is 0 Å². The summed E-state index contributed by atoms with van der Waals surface area (Å²) in [6.07, 6.45) is -0.760. The van der Waals surface area contributed by atoms with Crippen LogP contribution in [0.4, 0.5) is 43.4 Å². The van der Waals surface area contributed by atoms with Crippen molar-refractivity contribution in [3.63, 3.8) is 0 Å². The number of anilines is 2. The van der Waals surface area contributed by atoms with Gasteiger partial charge in [0.1, 0.15) is 0 Å². The fourth-order valence-electron chi connectivity index (χ4n) is 7.28. The van der Waals surface area contributed by atoms with E-state index < -0.39 is 40.1 Å². The second-order valence-electron chi connectivity index (χ2n) is 14.3. The van der Waals surface area contributed by atoms with Gasteiger partial charge in [0.05, 0.1) is 0 Å². The normalized spacial score (nSPS) is 21.2. The van der Waals surface area contributed by atoms with Crippen molar-refractivity contribution < 1.29 is 47.5 Å². The minimum absolute atomic E-state index is 0.0149. The first-order valence-corrected chi connectivity index (χ1v) is 20.4. The Morgan fingerprint density at radius 2 is 1.17 bits per heavy atom. The molecule has 11 heteroatoms. The fourth-order valence-corrected chi connectivity index (χ4v) is 11.1. The molecule has 2 bridgehead atoms. The Labute approximate surface area is 318 Å². The van der Waals surface area contributed by atoms with Gasteiger partial charge in [-0.3, -0.25) is 4.99 Å². The third kappa shape index (κ3) is 8.60. The number of nitrogens with zero attached hydrogens (tertiary/aromatic N) is 4. The minimum atomic E-state index is -4.92. The summed E-state index contributed by atoms with van der Waals surface area (Å²) in [5, 5.41) is 0. The van der Waals surface area contributed by atoms with Gasteiger partial charge in [-0.15, -0.1) is 0 Å². The molecule has 6 rings (SSSR count). The van der Waals surface area contributed by atoms with E-state index in [4.69, 9.17) is 4.99 Å². The second kappa shape index (κ2) is 15.5. The largest absolute Gasteiger partial charge is 0.0514 e. The maximum atomic E-state index is 15.0. The van der Waals surface area contributed by atoms with Gasteiger partial charge in [-0.05, 0) is 17.7 Å². The van der Waals surface area contributed by atoms with Crippen LogP contribution in [0.2, 0.25) is 0 Å². The first-order valence-electron chi connectivity index (χ1n) is 17.8. The van der Waals surface area contributed by atoms with E-state index in [0.717, 1.165) is 66.1 Å². The molecule has 0 N–H and O–H groups in total. The van der Waals surface area contributed by atoms with Crippen LogP contribution in [0.1, 0.15) is 72.8 Å². The summed E-state index contributed by atoms with van der Waals surface area (Å²) in [5.41, 5.74) is 0.0606. The molecule has 2 aliphatic rings. The summed E-state index contributed by atoms with van der Waals surface area (Å²) < 4.78 is 89.6. The average molecular weight is 846 g/mol. The summed E-state index contributed by atoms with van der Waals surface area (Å²) in [5.74, 6) is 0. The predicted octanol–water partition coefficient (Wildman–Crippen LogP) is 8.28. The van der Waals surface area contributed by atoms with E-state index in [9.17, 15) is 26.3 Å². The Morgan fingerprint density at radius 1 is 0.642 bits per heavy atom. The van der Waals surface area contributed by atoms with E-state index in [1.807, 2.05) is 56.3 Å². The van der Waals surface area contributed by atoms with Crippen molar-refractivity contribution in [3.8, 4) is 11.1 Å². The van der Waals surface area contributed by atoms with Gasteiger partial charge in [-0.1, -0.05) is 12.1 Å². The van der Waals surface area contributed by atoms with Gasteiger partial charge >= 0.3 is 254 Å².